The molecule has 4 nitrogen and oxygen atoms in total. The first-order valence-electron chi connectivity index (χ1n) is 2.86. The quantitative estimate of drug-likeness (QED) is 0.636. The topological polar surface area (TPSA) is 56.0 Å². The highest BCUT2D eigenvalue weighted by atomic mass is 19.4. The lowest BCUT2D eigenvalue weighted by Gasteiger charge is -2.00. The summed E-state index contributed by atoms with van der Waals surface area (Å²) in [5, 5.41) is 5.90. The van der Waals surface area contributed by atoms with Crippen molar-refractivity contribution in [1.29, 1.82) is 0 Å². The Morgan fingerprint density at radius 1 is 1.42 bits per heavy atom. The first kappa shape index (κ1) is 8.69. The van der Waals surface area contributed by atoms with Gasteiger partial charge in [-0.3, -0.25) is 4.79 Å². The van der Waals surface area contributed by atoms with Crippen LogP contribution in [0, 0.1) is 0 Å². The summed E-state index contributed by atoms with van der Waals surface area (Å²) in [5.41, 5.74) is -0.898. The number of carbonyl (C=O) groups is 1. The van der Waals surface area contributed by atoms with Crippen molar-refractivity contribution in [3.05, 3.63) is 11.4 Å². The summed E-state index contributed by atoms with van der Waals surface area (Å²) in [7, 11) is 0. The van der Waals surface area contributed by atoms with Crippen LogP contribution in [0.25, 0.3) is 0 Å². The molecule has 66 valence electrons. The molecule has 0 unspecified atom stereocenters. The maximum atomic E-state index is 11.7. The Morgan fingerprint density at radius 2 is 2.08 bits per heavy atom. The number of hydrogen-bond acceptors (Lipinski definition) is 4. The smallest absolute Gasteiger partial charge is 0.296 e. The molecule has 0 saturated carbocycles. The maximum Gasteiger partial charge on any atom is 0.394 e. The van der Waals surface area contributed by atoms with E-state index in [2.05, 4.69) is 14.9 Å². The van der Waals surface area contributed by atoms with Gasteiger partial charge in [0.1, 0.15) is 5.69 Å². The summed E-state index contributed by atoms with van der Waals surface area (Å²) in [6.45, 7) is 0. The number of alkyl halides is 3. The van der Waals surface area contributed by atoms with Crippen molar-refractivity contribution in [2.75, 3.05) is 0 Å². The number of carbonyl (C=O) groups excluding carboxylic acids is 1. The van der Waals surface area contributed by atoms with Crippen LogP contribution in [0.3, 0.4) is 0 Å². The Hall–Kier alpha value is -1.40. The van der Waals surface area contributed by atoms with Gasteiger partial charge in [-0.15, -0.1) is 0 Å². The lowest BCUT2D eigenvalue weighted by molar-refractivity contribution is -0.128. The van der Waals surface area contributed by atoms with Gasteiger partial charge in [0, 0.05) is 0 Å². The van der Waals surface area contributed by atoms with Crippen molar-refractivity contribution in [2.24, 2.45) is 0 Å². The van der Waals surface area contributed by atoms with Crippen LogP contribution < -0.4 is 0 Å². The molecule has 1 aromatic rings. The SMILES string of the molecule is O=Cc1nonc1CC(F)(F)F. The van der Waals surface area contributed by atoms with Crippen LogP contribution >= 0.6 is 0 Å². The Balaban J connectivity index is 2.81. The van der Waals surface area contributed by atoms with E-state index in [4.69, 9.17) is 0 Å². The zero-order valence-electron chi connectivity index (χ0n) is 5.63. The number of nitrogens with zero attached hydrogens (tertiary/aromatic N) is 2. The van der Waals surface area contributed by atoms with E-state index in [1.807, 2.05) is 0 Å². The maximum absolute atomic E-state index is 11.7. The molecule has 0 aromatic carbocycles. The molecular formula is C5H3F3N2O2. The summed E-state index contributed by atoms with van der Waals surface area (Å²) in [6.07, 6.45) is -5.54. The molecule has 0 radical (unpaired) electrons. The minimum Gasteiger partial charge on any atom is -0.296 e. The van der Waals surface area contributed by atoms with Gasteiger partial charge < -0.3 is 0 Å². The van der Waals surface area contributed by atoms with Crippen molar-refractivity contribution < 1.29 is 22.6 Å². The van der Waals surface area contributed by atoms with E-state index < -0.39 is 24.0 Å². The molecule has 12 heavy (non-hydrogen) atoms. The molecule has 1 aromatic heterocycles. The fourth-order valence-electron chi connectivity index (χ4n) is 0.615. The van der Waals surface area contributed by atoms with Crippen LogP contribution in [0.4, 0.5) is 13.2 Å². The fourth-order valence-corrected chi connectivity index (χ4v) is 0.615. The monoisotopic (exact) mass is 180 g/mol. The van der Waals surface area contributed by atoms with Gasteiger partial charge in [0.2, 0.25) is 0 Å². The van der Waals surface area contributed by atoms with Crippen molar-refractivity contribution >= 4 is 6.29 Å². The van der Waals surface area contributed by atoms with Gasteiger partial charge >= 0.3 is 6.18 Å². The van der Waals surface area contributed by atoms with Gasteiger partial charge in [0.15, 0.2) is 12.0 Å². The van der Waals surface area contributed by atoms with Gasteiger partial charge in [0.05, 0.1) is 6.42 Å². The number of aldehydes is 1. The molecule has 0 atom stereocenters. The molecule has 1 heterocycles. The van der Waals surface area contributed by atoms with Crippen LogP contribution in [0.15, 0.2) is 4.63 Å². The third-order valence-corrected chi connectivity index (χ3v) is 1.07. The predicted octanol–water partition coefficient (Wildman–Crippen LogP) is 0.987. The lowest BCUT2D eigenvalue weighted by atomic mass is 10.2. The largest absolute Gasteiger partial charge is 0.394 e. The highest BCUT2D eigenvalue weighted by molar-refractivity contribution is 5.72. The Kier molecular flexibility index (Phi) is 2.11. The molecule has 0 aliphatic heterocycles. The Bertz CT molecular complexity index is 280. The van der Waals surface area contributed by atoms with Crippen molar-refractivity contribution in [3.63, 3.8) is 0 Å². The standard InChI is InChI=1S/C5H3F3N2O2/c6-5(7,8)1-3-4(2-11)10-12-9-3/h2H,1H2. The van der Waals surface area contributed by atoms with Crippen LogP contribution in [-0.2, 0) is 6.42 Å². The summed E-state index contributed by atoms with van der Waals surface area (Å²) in [6, 6.07) is 0. The van der Waals surface area contributed by atoms with E-state index in [-0.39, 0.29) is 6.29 Å². The van der Waals surface area contributed by atoms with E-state index in [0.717, 1.165) is 0 Å². The molecule has 7 heteroatoms. The zero-order valence-corrected chi connectivity index (χ0v) is 5.63. The lowest BCUT2D eigenvalue weighted by Crippen LogP contribution is -2.13. The second kappa shape index (κ2) is 2.92. The molecule has 0 aliphatic carbocycles. The van der Waals surface area contributed by atoms with Crippen LogP contribution in [0.5, 0.6) is 0 Å². The minimum atomic E-state index is -4.41. The Labute approximate surface area is 64.3 Å². The predicted molar refractivity (Wildman–Crippen MR) is 29.4 cm³/mol. The summed E-state index contributed by atoms with van der Waals surface area (Å²) in [4.78, 5) is 10.0. The van der Waals surface area contributed by atoms with E-state index in [9.17, 15) is 18.0 Å². The molecule has 0 bridgehead atoms. The second-order valence-corrected chi connectivity index (χ2v) is 2.01. The third kappa shape index (κ3) is 2.04. The molecule has 0 spiro atoms. The number of rotatable bonds is 2. The van der Waals surface area contributed by atoms with Crippen LogP contribution in [-0.4, -0.2) is 22.8 Å². The average Bonchev–Trinajstić information content (AvgIpc) is 2.31. The van der Waals surface area contributed by atoms with Crippen LogP contribution in [0.1, 0.15) is 16.2 Å². The van der Waals surface area contributed by atoms with Crippen molar-refractivity contribution in [1.82, 2.24) is 10.3 Å². The van der Waals surface area contributed by atoms with Crippen LogP contribution in [0.2, 0.25) is 0 Å². The van der Waals surface area contributed by atoms with Gasteiger partial charge in [-0.05, 0) is 5.16 Å². The summed E-state index contributed by atoms with van der Waals surface area (Å²) < 4.78 is 39.1. The fraction of sp³-hybridized carbons (Fsp3) is 0.400. The van der Waals surface area contributed by atoms with Gasteiger partial charge in [0.25, 0.3) is 0 Å². The third-order valence-electron chi connectivity index (χ3n) is 1.07. The number of hydrogen-bond donors (Lipinski definition) is 0. The summed E-state index contributed by atoms with van der Waals surface area (Å²) >= 11 is 0. The number of halogens is 3. The van der Waals surface area contributed by atoms with E-state index in [1.54, 1.807) is 0 Å². The molecule has 0 aliphatic rings. The minimum absolute atomic E-state index is 0.164. The highest BCUT2D eigenvalue weighted by Gasteiger charge is 2.31. The van der Waals surface area contributed by atoms with Crippen molar-refractivity contribution in [2.45, 2.75) is 12.6 Å². The second-order valence-electron chi connectivity index (χ2n) is 2.01. The normalized spacial score (nSPS) is 11.6. The Morgan fingerprint density at radius 3 is 2.58 bits per heavy atom. The summed E-state index contributed by atoms with van der Waals surface area (Å²) in [5.74, 6) is 0. The van der Waals surface area contributed by atoms with E-state index in [0.29, 0.717) is 0 Å². The van der Waals surface area contributed by atoms with E-state index in [1.165, 1.54) is 0 Å². The van der Waals surface area contributed by atoms with Gasteiger partial charge in [-0.25, -0.2) is 4.63 Å². The zero-order chi connectivity index (χ0) is 9.19. The number of aromatic nitrogens is 2. The highest BCUT2D eigenvalue weighted by Crippen LogP contribution is 2.20. The molecule has 0 saturated heterocycles. The molecule has 0 amide bonds. The van der Waals surface area contributed by atoms with Crippen molar-refractivity contribution in [3.8, 4) is 0 Å². The van der Waals surface area contributed by atoms with E-state index >= 15 is 0 Å². The molecular weight excluding hydrogens is 177 g/mol. The first-order chi connectivity index (χ1) is 5.53. The van der Waals surface area contributed by atoms with Gasteiger partial charge in [-0.1, -0.05) is 5.16 Å². The average molecular weight is 180 g/mol. The molecule has 0 N–H and O–H groups in total. The first-order valence-corrected chi connectivity index (χ1v) is 2.86. The molecule has 0 fully saturated rings. The molecule has 1 rings (SSSR count). The van der Waals surface area contributed by atoms with Gasteiger partial charge in [-0.2, -0.15) is 13.2 Å².